The number of aryl methyl sites for hydroxylation is 1. The van der Waals surface area contributed by atoms with Gasteiger partial charge >= 0.3 is 0 Å². The van der Waals surface area contributed by atoms with Gasteiger partial charge in [0.25, 0.3) is 0 Å². The maximum absolute atomic E-state index is 5.83. The Morgan fingerprint density at radius 2 is 2.12 bits per heavy atom. The summed E-state index contributed by atoms with van der Waals surface area (Å²) in [5.41, 5.74) is 8.37. The molecule has 0 aliphatic carbocycles. The Hall–Kier alpha value is -3.49. The van der Waals surface area contributed by atoms with Crippen LogP contribution in [0.2, 0.25) is 0 Å². The normalized spacial score (nSPS) is 11.1. The zero-order valence-electron chi connectivity index (χ0n) is 13.5. The smallest absolute Gasteiger partial charge is 0.223 e. The molecule has 0 bridgehead atoms. The first-order chi connectivity index (χ1) is 12.2. The lowest BCUT2D eigenvalue weighted by Crippen LogP contribution is -2.09. The molecule has 0 saturated heterocycles. The molecule has 0 saturated carbocycles. The van der Waals surface area contributed by atoms with Crippen molar-refractivity contribution in [2.75, 3.05) is 11.1 Å². The van der Waals surface area contributed by atoms with Crippen molar-refractivity contribution in [1.82, 2.24) is 29.7 Å². The molecule has 0 amide bonds. The zero-order chi connectivity index (χ0) is 17.2. The molecule has 0 aliphatic heterocycles. The number of nitrogens with zero attached hydrogens (tertiary/aromatic N) is 6. The maximum Gasteiger partial charge on any atom is 0.223 e. The molecule has 0 fully saturated rings. The molecule has 3 N–H and O–H groups in total. The monoisotopic (exact) mass is 336 g/mol. The van der Waals surface area contributed by atoms with E-state index < -0.39 is 0 Å². The zero-order valence-corrected chi connectivity index (χ0v) is 13.5. The summed E-state index contributed by atoms with van der Waals surface area (Å²) in [6, 6.07) is 7.72. The number of fused-ring (bicyclic) bond motifs is 1. The fraction of sp³-hybridized carbons (Fsp3) is 0.188. The first-order valence-electron chi connectivity index (χ1n) is 7.74. The summed E-state index contributed by atoms with van der Waals surface area (Å²) >= 11 is 0. The highest BCUT2D eigenvalue weighted by Crippen LogP contribution is 2.23. The van der Waals surface area contributed by atoms with Gasteiger partial charge in [0.05, 0.1) is 24.3 Å². The molecule has 126 valence electrons. The minimum Gasteiger partial charge on any atom is -0.368 e. The first kappa shape index (κ1) is 15.1. The van der Waals surface area contributed by atoms with Crippen molar-refractivity contribution >= 4 is 22.8 Å². The molecular weight excluding hydrogens is 320 g/mol. The number of nitrogens with one attached hydrogen (secondary N) is 1. The van der Waals surface area contributed by atoms with Crippen molar-refractivity contribution in [3.05, 3.63) is 54.1 Å². The number of anilines is 2. The average Bonchev–Trinajstić information content (AvgIpc) is 3.20. The van der Waals surface area contributed by atoms with Gasteiger partial charge in [-0.15, -0.1) is 0 Å². The number of nitrogens with two attached hydrogens (primary N) is 1. The summed E-state index contributed by atoms with van der Waals surface area (Å²) in [5, 5.41) is 7.08. The average molecular weight is 336 g/mol. The largest absolute Gasteiger partial charge is 0.368 e. The van der Waals surface area contributed by atoms with Gasteiger partial charge in [-0.3, -0.25) is 4.98 Å². The van der Waals surface area contributed by atoms with Crippen molar-refractivity contribution in [3.63, 3.8) is 0 Å². The molecule has 0 unspecified atom stereocenters. The van der Waals surface area contributed by atoms with Gasteiger partial charge in [0, 0.05) is 19.3 Å². The third-order valence-corrected chi connectivity index (χ3v) is 3.67. The number of rotatable bonds is 5. The fourth-order valence-corrected chi connectivity index (χ4v) is 2.62. The van der Waals surface area contributed by atoms with Crippen molar-refractivity contribution in [2.24, 2.45) is 0 Å². The van der Waals surface area contributed by atoms with Crippen LogP contribution in [0.4, 0.5) is 11.8 Å². The molecule has 9 nitrogen and oxygen atoms in total. The highest BCUT2D eigenvalue weighted by atomic mass is 16.5. The minimum atomic E-state index is 0.204. The standard InChI is InChI=1S/C16H16N8O/c1-10-20-13(23-25-10)8-19-15-14-12(21-16(17)22-15)5-7-24(14)9-11-4-2-3-6-18-11/h2-7H,8-9H2,1H3,(H3,17,19,21,22). The second kappa shape index (κ2) is 6.19. The number of aromatic nitrogens is 6. The Morgan fingerprint density at radius 3 is 2.88 bits per heavy atom. The van der Waals surface area contributed by atoms with Crippen LogP contribution in [0, 0.1) is 6.92 Å². The van der Waals surface area contributed by atoms with Crippen LogP contribution in [0.5, 0.6) is 0 Å². The Balaban J connectivity index is 1.68. The van der Waals surface area contributed by atoms with Crippen LogP contribution in [0.25, 0.3) is 11.0 Å². The highest BCUT2D eigenvalue weighted by Gasteiger charge is 2.13. The van der Waals surface area contributed by atoms with Gasteiger partial charge in [0.2, 0.25) is 11.8 Å². The van der Waals surface area contributed by atoms with Crippen LogP contribution in [0.15, 0.2) is 41.2 Å². The lowest BCUT2D eigenvalue weighted by molar-refractivity contribution is 0.388. The number of nitrogen functional groups attached to an aromatic ring is 1. The molecular formula is C16H16N8O. The van der Waals surface area contributed by atoms with E-state index in [1.165, 1.54) is 0 Å². The first-order valence-corrected chi connectivity index (χ1v) is 7.74. The fourth-order valence-electron chi connectivity index (χ4n) is 2.62. The van der Waals surface area contributed by atoms with Crippen LogP contribution in [-0.4, -0.2) is 29.7 Å². The summed E-state index contributed by atoms with van der Waals surface area (Å²) in [6.45, 7) is 2.72. The summed E-state index contributed by atoms with van der Waals surface area (Å²) in [6.07, 6.45) is 3.71. The molecule has 4 aromatic rings. The summed E-state index contributed by atoms with van der Waals surface area (Å²) < 4.78 is 7.01. The summed E-state index contributed by atoms with van der Waals surface area (Å²) in [4.78, 5) is 17.2. The molecule has 4 heterocycles. The molecule has 0 radical (unpaired) electrons. The van der Waals surface area contributed by atoms with Gasteiger partial charge < -0.3 is 20.1 Å². The predicted molar refractivity (Wildman–Crippen MR) is 91.6 cm³/mol. The number of hydrogen-bond donors (Lipinski definition) is 2. The van der Waals surface area contributed by atoms with Gasteiger partial charge in [-0.2, -0.15) is 9.97 Å². The van der Waals surface area contributed by atoms with E-state index in [2.05, 4.69) is 30.4 Å². The van der Waals surface area contributed by atoms with Crippen molar-refractivity contribution < 1.29 is 4.52 Å². The Labute approximate surface area is 142 Å². The molecule has 0 spiro atoms. The lowest BCUT2D eigenvalue weighted by atomic mass is 10.3. The topological polar surface area (TPSA) is 121 Å². The highest BCUT2D eigenvalue weighted by molar-refractivity contribution is 5.87. The molecule has 0 atom stereocenters. The van der Waals surface area contributed by atoms with E-state index >= 15 is 0 Å². The lowest BCUT2D eigenvalue weighted by Gasteiger charge is -2.10. The van der Waals surface area contributed by atoms with Gasteiger partial charge in [0.15, 0.2) is 11.6 Å². The molecule has 25 heavy (non-hydrogen) atoms. The van der Waals surface area contributed by atoms with E-state index in [4.69, 9.17) is 10.3 Å². The van der Waals surface area contributed by atoms with E-state index in [1.54, 1.807) is 13.1 Å². The Morgan fingerprint density at radius 1 is 1.20 bits per heavy atom. The third kappa shape index (κ3) is 3.11. The van der Waals surface area contributed by atoms with Crippen LogP contribution in [0.3, 0.4) is 0 Å². The SMILES string of the molecule is Cc1nc(CNc2nc(N)nc3ccn(Cc4ccccn4)c23)no1. The molecule has 4 aromatic heterocycles. The molecule has 0 aliphatic rings. The van der Waals surface area contributed by atoms with Gasteiger partial charge in [-0.1, -0.05) is 11.2 Å². The third-order valence-electron chi connectivity index (χ3n) is 3.67. The van der Waals surface area contributed by atoms with Gasteiger partial charge in [-0.25, -0.2) is 4.98 Å². The quantitative estimate of drug-likeness (QED) is 0.565. The Bertz CT molecular complexity index is 1010. The van der Waals surface area contributed by atoms with Crippen LogP contribution >= 0.6 is 0 Å². The number of hydrogen-bond acceptors (Lipinski definition) is 8. The van der Waals surface area contributed by atoms with E-state index in [1.807, 2.05) is 35.0 Å². The molecule has 4 rings (SSSR count). The number of pyridine rings is 1. The molecule has 9 heteroatoms. The second-order valence-electron chi connectivity index (χ2n) is 5.51. The Kier molecular flexibility index (Phi) is 3.73. The molecule has 0 aromatic carbocycles. The van der Waals surface area contributed by atoms with Crippen LogP contribution in [0.1, 0.15) is 17.4 Å². The minimum absolute atomic E-state index is 0.204. The summed E-state index contributed by atoms with van der Waals surface area (Å²) in [7, 11) is 0. The van der Waals surface area contributed by atoms with Crippen molar-refractivity contribution in [3.8, 4) is 0 Å². The maximum atomic E-state index is 5.83. The second-order valence-corrected chi connectivity index (χ2v) is 5.51. The van der Waals surface area contributed by atoms with Crippen LogP contribution in [-0.2, 0) is 13.1 Å². The van der Waals surface area contributed by atoms with Gasteiger partial charge in [0.1, 0.15) is 5.52 Å². The summed E-state index contributed by atoms with van der Waals surface area (Å²) in [5.74, 6) is 1.88. The van der Waals surface area contributed by atoms with Crippen molar-refractivity contribution in [1.29, 1.82) is 0 Å². The van der Waals surface area contributed by atoms with E-state index in [0.717, 1.165) is 16.7 Å². The van der Waals surface area contributed by atoms with E-state index in [9.17, 15) is 0 Å². The van der Waals surface area contributed by atoms with E-state index in [-0.39, 0.29) is 5.95 Å². The predicted octanol–water partition coefficient (Wildman–Crippen LogP) is 1.76. The van der Waals surface area contributed by atoms with Gasteiger partial charge in [-0.05, 0) is 18.2 Å². The van der Waals surface area contributed by atoms with E-state index in [0.29, 0.717) is 30.6 Å². The van der Waals surface area contributed by atoms with Crippen molar-refractivity contribution in [2.45, 2.75) is 20.0 Å². The van der Waals surface area contributed by atoms with Crippen LogP contribution < -0.4 is 11.1 Å².